The van der Waals surface area contributed by atoms with Gasteiger partial charge in [0.25, 0.3) is 0 Å². The lowest BCUT2D eigenvalue weighted by Gasteiger charge is -2.39. The van der Waals surface area contributed by atoms with Gasteiger partial charge in [-0.15, -0.1) is 0 Å². The van der Waals surface area contributed by atoms with Crippen LogP contribution in [-0.2, 0) is 0 Å². The molecule has 2 aromatic heterocycles. The molecule has 4 heterocycles. The van der Waals surface area contributed by atoms with Gasteiger partial charge in [0.1, 0.15) is 11.9 Å². The second-order valence-corrected chi connectivity index (χ2v) is 8.87. The van der Waals surface area contributed by atoms with Gasteiger partial charge in [-0.1, -0.05) is 18.2 Å². The number of ether oxygens (including phenoxy) is 1. The number of nitrogens with one attached hydrogen (secondary N) is 1. The molecule has 0 radical (unpaired) electrons. The van der Waals surface area contributed by atoms with Crippen molar-refractivity contribution in [2.75, 3.05) is 37.7 Å². The molecule has 7 nitrogen and oxygen atoms in total. The summed E-state index contributed by atoms with van der Waals surface area (Å²) in [4.78, 5) is 14.8. The molecule has 0 aliphatic carbocycles. The molecule has 164 valence electrons. The highest BCUT2D eigenvalue weighted by Gasteiger charge is 2.30. The van der Waals surface area contributed by atoms with Gasteiger partial charge in [-0.2, -0.15) is 4.98 Å². The van der Waals surface area contributed by atoms with Crippen LogP contribution in [0, 0.1) is 5.92 Å². The number of rotatable bonds is 4. The third kappa shape index (κ3) is 5.83. The standard InChI is InChI=1S/C16H12BrClN4O.C6H13NO/c17-12-7-19-16(18)21-15(12)23-11-8-22(9-11)14-6-5-10-3-1-2-4-13(10)20-14;8-5-6-1-3-7-4-2-6/h1-7,11H,8-9H2;6-8H,1-5H2. The fraction of sp³-hybridized carbons (Fsp3) is 0.409. The van der Waals surface area contributed by atoms with Crippen molar-refractivity contribution < 1.29 is 9.84 Å². The Labute approximate surface area is 194 Å². The van der Waals surface area contributed by atoms with Gasteiger partial charge in [-0.25, -0.2) is 9.97 Å². The van der Waals surface area contributed by atoms with Crippen molar-refractivity contribution in [2.45, 2.75) is 18.9 Å². The number of fused-ring (bicyclic) bond motifs is 1. The average molecular weight is 507 g/mol. The summed E-state index contributed by atoms with van der Waals surface area (Å²) >= 11 is 9.16. The molecule has 2 aliphatic rings. The van der Waals surface area contributed by atoms with Crippen LogP contribution >= 0.6 is 27.5 Å². The number of para-hydroxylation sites is 1. The summed E-state index contributed by atoms with van der Waals surface area (Å²) in [5, 5.41) is 13.2. The smallest absolute Gasteiger partial charge is 0.232 e. The summed E-state index contributed by atoms with van der Waals surface area (Å²) in [6, 6.07) is 12.2. The highest BCUT2D eigenvalue weighted by atomic mass is 79.9. The first-order valence-electron chi connectivity index (χ1n) is 10.4. The summed E-state index contributed by atoms with van der Waals surface area (Å²) in [7, 11) is 0. The Morgan fingerprint density at radius 1 is 1.13 bits per heavy atom. The van der Waals surface area contributed by atoms with Crippen molar-refractivity contribution in [1.82, 2.24) is 20.3 Å². The van der Waals surface area contributed by atoms with Gasteiger partial charge in [0.15, 0.2) is 0 Å². The molecule has 2 aliphatic heterocycles. The number of nitrogens with zero attached hydrogens (tertiary/aromatic N) is 4. The highest BCUT2D eigenvalue weighted by Crippen LogP contribution is 2.28. The molecule has 0 bridgehead atoms. The average Bonchev–Trinajstić information content (AvgIpc) is 2.79. The van der Waals surface area contributed by atoms with Crippen LogP contribution in [0.25, 0.3) is 10.9 Å². The van der Waals surface area contributed by atoms with Crippen LogP contribution in [0.5, 0.6) is 5.88 Å². The fourth-order valence-corrected chi connectivity index (χ4v) is 3.98. The lowest BCUT2D eigenvalue weighted by Crippen LogP contribution is -2.54. The Morgan fingerprint density at radius 2 is 1.90 bits per heavy atom. The second-order valence-electron chi connectivity index (χ2n) is 7.68. The number of aliphatic hydroxyl groups is 1. The Balaban J connectivity index is 0.000000245. The van der Waals surface area contributed by atoms with Crippen molar-refractivity contribution in [1.29, 1.82) is 0 Å². The zero-order chi connectivity index (χ0) is 21.6. The molecule has 0 amide bonds. The molecular weight excluding hydrogens is 482 g/mol. The van der Waals surface area contributed by atoms with E-state index >= 15 is 0 Å². The summed E-state index contributed by atoms with van der Waals surface area (Å²) in [6.07, 6.45) is 3.95. The van der Waals surface area contributed by atoms with E-state index in [0.717, 1.165) is 55.7 Å². The predicted octanol–water partition coefficient (Wildman–Crippen LogP) is 3.69. The minimum atomic E-state index is 0.0607. The minimum absolute atomic E-state index is 0.0607. The van der Waals surface area contributed by atoms with Gasteiger partial charge in [0, 0.05) is 18.2 Å². The number of hydrogen-bond acceptors (Lipinski definition) is 7. The minimum Gasteiger partial charge on any atom is -0.470 e. The Bertz CT molecular complexity index is 1010. The van der Waals surface area contributed by atoms with Gasteiger partial charge in [-0.3, -0.25) is 0 Å². The van der Waals surface area contributed by atoms with Crippen molar-refractivity contribution in [3.05, 3.63) is 52.4 Å². The maximum atomic E-state index is 8.66. The SMILES string of the molecule is Clc1ncc(Br)c(OC2CN(c3ccc4ccccc4n3)C2)n1.OCC1CCNCC1. The number of aromatic nitrogens is 3. The Hall–Kier alpha value is -2.00. The molecule has 0 saturated carbocycles. The number of piperidine rings is 1. The van der Waals surface area contributed by atoms with E-state index in [1.165, 1.54) is 0 Å². The van der Waals surface area contributed by atoms with Gasteiger partial charge in [0.2, 0.25) is 11.2 Å². The van der Waals surface area contributed by atoms with E-state index in [0.29, 0.717) is 22.9 Å². The van der Waals surface area contributed by atoms with E-state index in [1.54, 1.807) is 6.20 Å². The summed E-state index contributed by atoms with van der Waals surface area (Å²) in [5.41, 5.74) is 1.000. The summed E-state index contributed by atoms with van der Waals surface area (Å²) in [6.45, 7) is 4.08. The first kappa shape index (κ1) is 22.2. The normalized spacial score (nSPS) is 17.1. The highest BCUT2D eigenvalue weighted by molar-refractivity contribution is 9.10. The van der Waals surface area contributed by atoms with Crippen LogP contribution in [0.4, 0.5) is 5.82 Å². The fourth-order valence-electron chi connectivity index (χ4n) is 3.57. The van der Waals surface area contributed by atoms with Gasteiger partial charge in [0.05, 0.1) is 23.1 Å². The number of hydrogen-bond donors (Lipinski definition) is 2. The first-order valence-corrected chi connectivity index (χ1v) is 11.6. The molecule has 0 spiro atoms. The zero-order valence-electron chi connectivity index (χ0n) is 17.0. The van der Waals surface area contributed by atoms with Crippen LogP contribution < -0.4 is 15.0 Å². The topological polar surface area (TPSA) is 83.4 Å². The Morgan fingerprint density at radius 3 is 2.65 bits per heavy atom. The molecule has 0 atom stereocenters. The molecule has 9 heteroatoms. The van der Waals surface area contributed by atoms with E-state index < -0.39 is 0 Å². The molecule has 0 unspecified atom stereocenters. The monoisotopic (exact) mass is 505 g/mol. The lowest BCUT2D eigenvalue weighted by molar-refractivity contribution is 0.158. The number of anilines is 1. The van der Waals surface area contributed by atoms with Crippen molar-refractivity contribution in [2.24, 2.45) is 5.92 Å². The number of pyridine rings is 1. The maximum absolute atomic E-state index is 8.66. The van der Waals surface area contributed by atoms with Crippen LogP contribution in [0.15, 0.2) is 47.1 Å². The molecule has 2 fully saturated rings. The van der Waals surface area contributed by atoms with Crippen molar-refractivity contribution in [3.63, 3.8) is 0 Å². The zero-order valence-corrected chi connectivity index (χ0v) is 19.4. The number of aliphatic hydroxyl groups excluding tert-OH is 1. The molecule has 5 rings (SSSR count). The van der Waals surface area contributed by atoms with Crippen LogP contribution in [0.2, 0.25) is 5.28 Å². The largest absolute Gasteiger partial charge is 0.470 e. The van der Waals surface area contributed by atoms with Crippen LogP contribution in [0.3, 0.4) is 0 Å². The van der Waals surface area contributed by atoms with E-state index in [2.05, 4.69) is 53.2 Å². The Kier molecular flexibility index (Phi) is 7.55. The van der Waals surface area contributed by atoms with Gasteiger partial charge >= 0.3 is 0 Å². The van der Waals surface area contributed by atoms with E-state index in [-0.39, 0.29) is 11.4 Å². The van der Waals surface area contributed by atoms with Gasteiger partial charge < -0.3 is 20.1 Å². The van der Waals surface area contributed by atoms with Crippen LogP contribution in [0.1, 0.15) is 12.8 Å². The van der Waals surface area contributed by atoms with Gasteiger partial charge in [-0.05, 0) is 77.6 Å². The maximum Gasteiger partial charge on any atom is 0.232 e. The van der Waals surface area contributed by atoms with Crippen molar-refractivity contribution in [3.8, 4) is 5.88 Å². The quantitative estimate of drug-likeness (QED) is 0.522. The number of halogens is 2. The molecule has 2 N–H and O–H groups in total. The van der Waals surface area contributed by atoms with Crippen LogP contribution in [-0.4, -0.2) is 58.9 Å². The molecule has 31 heavy (non-hydrogen) atoms. The summed E-state index contributed by atoms with van der Waals surface area (Å²) < 4.78 is 6.55. The predicted molar refractivity (Wildman–Crippen MR) is 126 cm³/mol. The van der Waals surface area contributed by atoms with E-state index in [4.69, 9.17) is 21.4 Å². The molecule has 3 aromatic rings. The third-order valence-corrected chi connectivity index (χ3v) is 6.16. The molecule has 2 saturated heterocycles. The lowest BCUT2D eigenvalue weighted by atomic mass is 10.00. The summed E-state index contributed by atoms with van der Waals surface area (Å²) in [5.74, 6) is 2.01. The third-order valence-electron chi connectivity index (χ3n) is 5.43. The second kappa shape index (κ2) is 10.5. The molecule has 1 aromatic carbocycles. The van der Waals surface area contributed by atoms with E-state index in [9.17, 15) is 0 Å². The number of benzene rings is 1. The first-order chi connectivity index (χ1) is 15.1. The van der Waals surface area contributed by atoms with E-state index in [1.807, 2.05) is 24.3 Å². The van der Waals surface area contributed by atoms with Crippen molar-refractivity contribution >= 4 is 44.3 Å². The molecular formula is C22H25BrClN5O2.